The number of hydrogen-bond donors (Lipinski definition) is 1. The van der Waals surface area contributed by atoms with E-state index in [1.165, 1.54) is 6.20 Å². The van der Waals surface area contributed by atoms with E-state index in [1.807, 2.05) is 0 Å². The van der Waals surface area contributed by atoms with Gasteiger partial charge < -0.3 is 14.8 Å². The summed E-state index contributed by atoms with van der Waals surface area (Å²) in [7, 11) is 0. The Kier molecular flexibility index (Phi) is 6.52. The third-order valence-corrected chi connectivity index (χ3v) is 2.27. The molecular formula is C13H15ClN2O4. The Bertz CT molecular complexity index is 500. The van der Waals surface area contributed by atoms with Gasteiger partial charge in [0.2, 0.25) is 0 Å². The lowest BCUT2D eigenvalue weighted by atomic mass is 10.3. The van der Waals surface area contributed by atoms with Gasteiger partial charge in [-0.3, -0.25) is 0 Å². The lowest BCUT2D eigenvalue weighted by Crippen LogP contribution is -2.17. The van der Waals surface area contributed by atoms with Crippen LogP contribution in [0.1, 0.15) is 13.8 Å². The van der Waals surface area contributed by atoms with Crippen molar-refractivity contribution < 1.29 is 19.1 Å². The number of esters is 2. The van der Waals surface area contributed by atoms with Gasteiger partial charge >= 0.3 is 11.9 Å². The highest BCUT2D eigenvalue weighted by atomic mass is 35.5. The monoisotopic (exact) mass is 298 g/mol. The Labute approximate surface area is 121 Å². The van der Waals surface area contributed by atoms with E-state index in [0.29, 0.717) is 10.8 Å². The van der Waals surface area contributed by atoms with Crippen LogP contribution in [0.2, 0.25) is 5.15 Å². The van der Waals surface area contributed by atoms with Crippen molar-refractivity contribution in [2.45, 2.75) is 13.8 Å². The highest BCUT2D eigenvalue weighted by molar-refractivity contribution is 6.29. The van der Waals surface area contributed by atoms with E-state index >= 15 is 0 Å². The first-order valence-electron chi connectivity index (χ1n) is 6.01. The van der Waals surface area contributed by atoms with Crippen molar-refractivity contribution in [3.8, 4) is 0 Å². The number of carbonyl (C=O) groups is 2. The van der Waals surface area contributed by atoms with Crippen molar-refractivity contribution in [3.05, 3.63) is 35.3 Å². The molecule has 6 nitrogen and oxygen atoms in total. The normalized spacial score (nSPS) is 10.8. The maximum atomic E-state index is 11.7. The van der Waals surface area contributed by atoms with Gasteiger partial charge in [0.25, 0.3) is 0 Å². The van der Waals surface area contributed by atoms with E-state index < -0.39 is 11.9 Å². The summed E-state index contributed by atoms with van der Waals surface area (Å²) >= 11 is 5.67. The summed E-state index contributed by atoms with van der Waals surface area (Å²) in [6, 6.07) is 3.17. The second-order valence-corrected chi connectivity index (χ2v) is 3.91. The largest absolute Gasteiger partial charge is 0.463 e. The number of nitrogens with zero attached hydrogens (tertiary/aromatic N) is 1. The number of rotatable bonds is 6. The van der Waals surface area contributed by atoms with Crippen LogP contribution in [0.5, 0.6) is 0 Å². The summed E-state index contributed by atoms with van der Waals surface area (Å²) < 4.78 is 9.61. The van der Waals surface area contributed by atoms with Crippen LogP contribution < -0.4 is 5.32 Å². The van der Waals surface area contributed by atoms with Gasteiger partial charge in [-0.05, 0) is 26.0 Å². The Morgan fingerprint density at radius 2 is 2.00 bits per heavy atom. The molecule has 108 valence electrons. The van der Waals surface area contributed by atoms with Crippen LogP contribution in [-0.4, -0.2) is 30.1 Å². The van der Waals surface area contributed by atoms with Gasteiger partial charge in [0.1, 0.15) is 10.9 Å². The summed E-state index contributed by atoms with van der Waals surface area (Å²) in [5, 5.41) is 3.07. The molecule has 0 aliphatic heterocycles. The molecule has 0 spiro atoms. The van der Waals surface area contributed by atoms with E-state index in [2.05, 4.69) is 10.3 Å². The summed E-state index contributed by atoms with van der Waals surface area (Å²) in [4.78, 5) is 27.0. The average molecular weight is 299 g/mol. The van der Waals surface area contributed by atoms with Crippen molar-refractivity contribution in [1.29, 1.82) is 0 Å². The molecule has 1 aromatic heterocycles. The predicted molar refractivity (Wildman–Crippen MR) is 74.2 cm³/mol. The van der Waals surface area contributed by atoms with E-state index in [0.717, 1.165) is 6.08 Å². The molecular weight excluding hydrogens is 284 g/mol. The maximum absolute atomic E-state index is 11.7. The lowest BCUT2D eigenvalue weighted by Gasteiger charge is -2.09. The maximum Gasteiger partial charge on any atom is 0.355 e. The SMILES string of the molecule is CCOC(=O)/C=C(/Nc1ccc(Cl)nc1)C(=O)OCC. The van der Waals surface area contributed by atoms with E-state index in [9.17, 15) is 9.59 Å². The molecule has 0 radical (unpaired) electrons. The molecule has 1 heterocycles. The van der Waals surface area contributed by atoms with Crippen LogP contribution in [0.3, 0.4) is 0 Å². The second-order valence-electron chi connectivity index (χ2n) is 3.53. The number of nitrogens with one attached hydrogen (secondary N) is 1. The molecule has 7 heteroatoms. The van der Waals surface area contributed by atoms with E-state index in [-0.39, 0.29) is 18.9 Å². The Morgan fingerprint density at radius 1 is 1.30 bits per heavy atom. The molecule has 0 saturated heterocycles. The fraction of sp³-hybridized carbons (Fsp3) is 0.308. The molecule has 1 rings (SSSR count). The first-order chi connectivity index (χ1) is 9.56. The molecule has 0 unspecified atom stereocenters. The molecule has 0 bridgehead atoms. The van der Waals surface area contributed by atoms with Crippen molar-refractivity contribution in [2.24, 2.45) is 0 Å². The highest BCUT2D eigenvalue weighted by Gasteiger charge is 2.13. The minimum atomic E-state index is -0.657. The minimum absolute atomic E-state index is 0.0329. The highest BCUT2D eigenvalue weighted by Crippen LogP contribution is 2.13. The van der Waals surface area contributed by atoms with Crippen LogP contribution in [0.4, 0.5) is 5.69 Å². The van der Waals surface area contributed by atoms with Crippen molar-refractivity contribution in [2.75, 3.05) is 18.5 Å². The van der Waals surface area contributed by atoms with Gasteiger partial charge in [-0.1, -0.05) is 11.6 Å². The van der Waals surface area contributed by atoms with Crippen LogP contribution >= 0.6 is 11.6 Å². The fourth-order valence-electron chi connectivity index (χ4n) is 1.26. The zero-order chi connectivity index (χ0) is 15.0. The number of halogens is 1. The number of pyridine rings is 1. The zero-order valence-corrected chi connectivity index (χ0v) is 11.9. The Hall–Kier alpha value is -2.08. The number of hydrogen-bond acceptors (Lipinski definition) is 6. The quantitative estimate of drug-likeness (QED) is 0.492. The average Bonchev–Trinajstić information content (AvgIpc) is 2.41. The molecule has 0 atom stereocenters. The second kappa shape index (κ2) is 8.16. The number of carbonyl (C=O) groups excluding carboxylic acids is 2. The van der Waals surface area contributed by atoms with Gasteiger partial charge in [-0.2, -0.15) is 0 Å². The summed E-state index contributed by atoms with van der Waals surface area (Å²) in [5.74, 6) is -1.29. The predicted octanol–water partition coefficient (Wildman–Crippen LogP) is 2.16. The first kappa shape index (κ1) is 16.0. The van der Waals surface area contributed by atoms with Crippen molar-refractivity contribution in [3.63, 3.8) is 0 Å². The van der Waals surface area contributed by atoms with E-state index in [1.54, 1.807) is 26.0 Å². The number of ether oxygens (including phenoxy) is 2. The van der Waals surface area contributed by atoms with Gasteiger partial charge in [0, 0.05) is 0 Å². The van der Waals surface area contributed by atoms with Gasteiger partial charge in [-0.15, -0.1) is 0 Å². The summed E-state index contributed by atoms with van der Waals surface area (Å²) in [5.41, 5.74) is 0.465. The number of anilines is 1. The van der Waals surface area contributed by atoms with Crippen LogP contribution in [-0.2, 0) is 19.1 Å². The molecule has 0 aromatic carbocycles. The molecule has 1 N–H and O–H groups in total. The standard InChI is InChI=1S/C13H15ClN2O4/c1-3-19-12(17)7-10(13(18)20-4-2)16-9-5-6-11(14)15-8-9/h5-8,16H,3-4H2,1-2H3/b10-7+. The van der Waals surface area contributed by atoms with Gasteiger partial charge in [-0.25, -0.2) is 14.6 Å². The van der Waals surface area contributed by atoms with Crippen LogP contribution in [0.15, 0.2) is 30.1 Å². The third kappa shape index (κ3) is 5.27. The molecule has 0 aliphatic rings. The Balaban J connectivity index is 2.89. The van der Waals surface area contributed by atoms with Gasteiger partial charge in [0.15, 0.2) is 0 Å². The fourth-order valence-corrected chi connectivity index (χ4v) is 1.37. The topological polar surface area (TPSA) is 77.5 Å². The van der Waals surface area contributed by atoms with Gasteiger partial charge in [0.05, 0.1) is 31.2 Å². The zero-order valence-electron chi connectivity index (χ0n) is 11.2. The Morgan fingerprint density at radius 3 is 2.55 bits per heavy atom. The molecule has 0 saturated carbocycles. The molecule has 1 aromatic rings. The molecule has 0 amide bonds. The first-order valence-corrected chi connectivity index (χ1v) is 6.38. The minimum Gasteiger partial charge on any atom is -0.463 e. The summed E-state index contributed by atoms with van der Waals surface area (Å²) in [6.07, 6.45) is 2.47. The van der Waals surface area contributed by atoms with Crippen molar-refractivity contribution >= 4 is 29.2 Å². The molecule has 20 heavy (non-hydrogen) atoms. The van der Waals surface area contributed by atoms with Crippen molar-refractivity contribution in [1.82, 2.24) is 4.98 Å². The lowest BCUT2D eigenvalue weighted by molar-refractivity contribution is -0.140. The summed E-state index contributed by atoms with van der Waals surface area (Å²) in [6.45, 7) is 3.75. The number of aromatic nitrogens is 1. The van der Waals surface area contributed by atoms with Crippen LogP contribution in [0.25, 0.3) is 0 Å². The third-order valence-electron chi connectivity index (χ3n) is 2.05. The molecule has 0 fully saturated rings. The molecule has 0 aliphatic carbocycles. The van der Waals surface area contributed by atoms with Crippen LogP contribution in [0, 0.1) is 0 Å². The smallest absolute Gasteiger partial charge is 0.355 e. The van der Waals surface area contributed by atoms with E-state index in [4.69, 9.17) is 21.1 Å².